The predicted molar refractivity (Wildman–Crippen MR) is 63.7 cm³/mol. The van der Waals surface area contributed by atoms with Crippen LogP contribution in [0, 0.1) is 5.82 Å². The number of hydrogen-bond donors (Lipinski definition) is 2. The van der Waals surface area contributed by atoms with Gasteiger partial charge in [0.25, 0.3) is 0 Å². The van der Waals surface area contributed by atoms with Crippen molar-refractivity contribution < 1.29 is 9.50 Å². The highest BCUT2D eigenvalue weighted by Gasteiger charge is 2.11. The molecule has 0 saturated carbocycles. The number of nitrogens with two attached hydrogens (primary N) is 1. The average molecular weight is 232 g/mol. The maximum absolute atomic E-state index is 13.0. The first-order valence-electron chi connectivity index (χ1n) is 5.28. The van der Waals surface area contributed by atoms with Crippen LogP contribution in [-0.2, 0) is 6.42 Å². The van der Waals surface area contributed by atoms with Gasteiger partial charge >= 0.3 is 0 Å². The molecule has 88 valence electrons. The van der Waals surface area contributed by atoms with Crippen molar-refractivity contribution in [2.45, 2.75) is 12.5 Å². The summed E-state index contributed by atoms with van der Waals surface area (Å²) < 4.78 is 13.0. The number of halogens is 1. The Morgan fingerprint density at radius 1 is 1.35 bits per heavy atom. The van der Waals surface area contributed by atoms with Crippen LogP contribution in [0.15, 0.2) is 42.7 Å². The molecule has 3 nitrogen and oxygen atoms in total. The van der Waals surface area contributed by atoms with E-state index < -0.39 is 6.10 Å². The molecule has 1 aromatic carbocycles. The van der Waals surface area contributed by atoms with E-state index in [2.05, 4.69) is 4.98 Å². The Balaban J connectivity index is 2.17. The summed E-state index contributed by atoms with van der Waals surface area (Å²) in [6, 6.07) is 7.58. The molecule has 0 aliphatic carbocycles. The number of aromatic nitrogens is 1. The van der Waals surface area contributed by atoms with Crippen molar-refractivity contribution in [3.63, 3.8) is 0 Å². The molecule has 2 rings (SSSR count). The van der Waals surface area contributed by atoms with Crippen LogP contribution in [0.3, 0.4) is 0 Å². The van der Waals surface area contributed by atoms with Gasteiger partial charge in [0.15, 0.2) is 0 Å². The van der Waals surface area contributed by atoms with Gasteiger partial charge in [0, 0.05) is 24.5 Å². The third-order valence-corrected chi connectivity index (χ3v) is 2.59. The second kappa shape index (κ2) is 4.93. The molecular formula is C13H13FN2O. The number of anilines is 1. The van der Waals surface area contributed by atoms with Crippen molar-refractivity contribution in [1.82, 2.24) is 4.98 Å². The van der Waals surface area contributed by atoms with E-state index in [0.717, 1.165) is 5.56 Å². The summed E-state index contributed by atoms with van der Waals surface area (Å²) >= 11 is 0. The monoisotopic (exact) mass is 232 g/mol. The first-order chi connectivity index (χ1) is 8.16. The standard InChI is InChI=1S/C13H13FN2O/c14-11-3-1-2-9(6-11)13(17)7-10-8-16-5-4-12(10)15/h1-6,8,13,17H,7H2,(H2,15,16). The fourth-order valence-corrected chi connectivity index (χ4v) is 1.65. The highest BCUT2D eigenvalue weighted by Crippen LogP contribution is 2.21. The minimum Gasteiger partial charge on any atom is -0.398 e. The average Bonchev–Trinajstić information content (AvgIpc) is 2.32. The summed E-state index contributed by atoms with van der Waals surface area (Å²) in [6.45, 7) is 0. The summed E-state index contributed by atoms with van der Waals surface area (Å²) in [4.78, 5) is 3.94. The highest BCUT2D eigenvalue weighted by molar-refractivity contribution is 5.45. The highest BCUT2D eigenvalue weighted by atomic mass is 19.1. The number of benzene rings is 1. The summed E-state index contributed by atoms with van der Waals surface area (Å²) in [5.74, 6) is -0.360. The molecule has 0 radical (unpaired) electrons. The quantitative estimate of drug-likeness (QED) is 0.851. The van der Waals surface area contributed by atoms with Gasteiger partial charge in [0.1, 0.15) is 5.82 Å². The molecule has 17 heavy (non-hydrogen) atoms. The Morgan fingerprint density at radius 3 is 2.88 bits per heavy atom. The number of aliphatic hydroxyl groups is 1. The largest absolute Gasteiger partial charge is 0.398 e. The van der Waals surface area contributed by atoms with Crippen molar-refractivity contribution in [3.8, 4) is 0 Å². The number of hydrogen-bond acceptors (Lipinski definition) is 3. The van der Waals surface area contributed by atoms with Crippen LogP contribution in [0.4, 0.5) is 10.1 Å². The Morgan fingerprint density at radius 2 is 2.18 bits per heavy atom. The second-order valence-corrected chi connectivity index (χ2v) is 3.85. The lowest BCUT2D eigenvalue weighted by Gasteiger charge is -2.12. The van der Waals surface area contributed by atoms with Crippen molar-refractivity contribution in [2.24, 2.45) is 0 Å². The first kappa shape index (κ1) is 11.5. The molecule has 2 aromatic rings. The molecule has 0 aliphatic rings. The summed E-state index contributed by atoms with van der Waals surface area (Å²) in [6.07, 6.45) is 2.74. The normalized spacial score (nSPS) is 12.4. The summed E-state index contributed by atoms with van der Waals surface area (Å²) in [5, 5.41) is 9.97. The summed E-state index contributed by atoms with van der Waals surface area (Å²) in [5.41, 5.74) is 7.62. The van der Waals surface area contributed by atoms with Gasteiger partial charge in [-0.15, -0.1) is 0 Å². The molecule has 0 saturated heterocycles. The first-order valence-corrected chi connectivity index (χ1v) is 5.28. The zero-order valence-electron chi connectivity index (χ0n) is 9.18. The van der Waals surface area contributed by atoms with Crippen LogP contribution < -0.4 is 5.73 Å². The van der Waals surface area contributed by atoms with E-state index in [4.69, 9.17) is 5.73 Å². The number of pyridine rings is 1. The van der Waals surface area contributed by atoms with E-state index in [-0.39, 0.29) is 5.82 Å². The van der Waals surface area contributed by atoms with Gasteiger partial charge in [-0.05, 0) is 29.3 Å². The van der Waals surface area contributed by atoms with Gasteiger partial charge in [0.05, 0.1) is 6.10 Å². The van der Waals surface area contributed by atoms with Gasteiger partial charge in [-0.1, -0.05) is 12.1 Å². The van der Waals surface area contributed by atoms with E-state index >= 15 is 0 Å². The van der Waals surface area contributed by atoms with Crippen molar-refractivity contribution in [2.75, 3.05) is 5.73 Å². The van der Waals surface area contributed by atoms with E-state index in [1.54, 1.807) is 30.6 Å². The molecule has 0 bridgehead atoms. The van der Waals surface area contributed by atoms with Crippen molar-refractivity contribution in [1.29, 1.82) is 0 Å². The molecule has 4 heteroatoms. The molecule has 1 heterocycles. The summed E-state index contributed by atoms with van der Waals surface area (Å²) in [7, 11) is 0. The zero-order valence-corrected chi connectivity index (χ0v) is 9.18. The number of nitrogens with zero attached hydrogens (tertiary/aromatic N) is 1. The minimum atomic E-state index is -0.780. The molecule has 0 spiro atoms. The van der Waals surface area contributed by atoms with Crippen LogP contribution in [0.25, 0.3) is 0 Å². The lowest BCUT2D eigenvalue weighted by Crippen LogP contribution is -2.05. The lowest BCUT2D eigenvalue weighted by molar-refractivity contribution is 0.178. The van der Waals surface area contributed by atoms with E-state index in [0.29, 0.717) is 17.7 Å². The van der Waals surface area contributed by atoms with Crippen molar-refractivity contribution in [3.05, 3.63) is 59.7 Å². The fourth-order valence-electron chi connectivity index (χ4n) is 1.65. The van der Waals surface area contributed by atoms with Crippen LogP contribution in [0.2, 0.25) is 0 Å². The number of nitrogen functional groups attached to an aromatic ring is 1. The van der Waals surface area contributed by atoms with Gasteiger partial charge in [0.2, 0.25) is 0 Å². The van der Waals surface area contributed by atoms with E-state index in [9.17, 15) is 9.50 Å². The Hall–Kier alpha value is -1.94. The topological polar surface area (TPSA) is 59.1 Å². The SMILES string of the molecule is Nc1ccncc1CC(O)c1cccc(F)c1. The van der Waals surface area contributed by atoms with Crippen LogP contribution in [0.5, 0.6) is 0 Å². The number of rotatable bonds is 3. The maximum Gasteiger partial charge on any atom is 0.123 e. The Bertz CT molecular complexity index is 516. The predicted octanol–water partition coefficient (Wildman–Crippen LogP) is 2.08. The van der Waals surface area contributed by atoms with Gasteiger partial charge in [-0.3, -0.25) is 4.98 Å². The molecule has 1 atom stereocenters. The smallest absolute Gasteiger partial charge is 0.123 e. The van der Waals surface area contributed by atoms with Gasteiger partial charge in [-0.2, -0.15) is 0 Å². The van der Waals surface area contributed by atoms with E-state index in [1.165, 1.54) is 12.1 Å². The minimum absolute atomic E-state index is 0.323. The van der Waals surface area contributed by atoms with Crippen LogP contribution in [0.1, 0.15) is 17.2 Å². The van der Waals surface area contributed by atoms with Gasteiger partial charge < -0.3 is 10.8 Å². The van der Waals surface area contributed by atoms with E-state index in [1.807, 2.05) is 0 Å². The third kappa shape index (κ3) is 2.79. The zero-order chi connectivity index (χ0) is 12.3. The molecule has 1 aromatic heterocycles. The fraction of sp³-hybridized carbons (Fsp3) is 0.154. The van der Waals surface area contributed by atoms with Crippen LogP contribution in [-0.4, -0.2) is 10.1 Å². The third-order valence-electron chi connectivity index (χ3n) is 2.59. The molecule has 0 aliphatic heterocycles. The second-order valence-electron chi connectivity index (χ2n) is 3.85. The molecular weight excluding hydrogens is 219 g/mol. The Labute approximate surface area is 98.7 Å². The number of aliphatic hydroxyl groups excluding tert-OH is 1. The maximum atomic E-state index is 13.0. The lowest BCUT2D eigenvalue weighted by atomic mass is 10.0. The Kier molecular flexibility index (Phi) is 3.35. The van der Waals surface area contributed by atoms with Crippen molar-refractivity contribution >= 4 is 5.69 Å². The molecule has 0 fully saturated rings. The molecule has 1 unspecified atom stereocenters. The van der Waals surface area contributed by atoms with Gasteiger partial charge in [-0.25, -0.2) is 4.39 Å². The molecule has 0 amide bonds. The molecule has 3 N–H and O–H groups in total. The van der Waals surface area contributed by atoms with Crippen LogP contribution >= 0.6 is 0 Å².